The molecule has 4 rings (SSSR count). The van der Waals surface area contributed by atoms with Gasteiger partial charge in [-0.25, -0.2) is 0 Å². The normalized spacial score (nSPS) is 17.9. The van der Waals surface area contributed by atoms with E-state index in [-0.39, 0.29) is 7.92 Å². The third-order valence-corrected chi connectivity index (χ3v) is 9.39. The summed E-state index contributed by atoms with van der Waals surface area (Å²) in [4.78, 5) is 0. The summed E-state index contributed by atoms with van der Waals surface area (Å²) in [6.45, 7) is 4.59. The molecule has 1 heterocycles. The molecule has 27 heavy (non-hydrogen) atoms. The first kappa shape index (κ1) is 18.9. The van der Waals surface area contributed by atoms with Crippen LogP contribution in [0.25, 0.3) is 0 Å². The van der Waals surface area contributed by atoms with Gasteiger partial charge >= 0.3 is 0 Å². The Morgan fingerprint density at radius 1 is 0.630 bits per heavy atom. The summed E-state index contributed by atoms with van der Waals surface area (Å²) in [5, 5.41) is 2.92. The summed E-state index contributed by atoms with van der Waals surface area (Å²) in [6, 6.07) is 32.9. The Morgan fingerprint density at radius 2 is 1.11 bits per heavy atom. The first-order valence-corrected chi connectivity index (χ1v) is 11.7. The summed E-state index contributed by atoms with van der Waals surface area (Å²) in [5.41, 5.74) is 4.40. The van der Waals surface area contributed by atoms with Gasteiger partial charge in [0.2, 0.25) is 0 Å². The van der Waals surface area contributed by atoms with Crippen molar-refractivity contribution in [3.63, 3.8) is 0 Å². The zero-order valence-electron chi connectivity index (χ0n) is 15.8. The SMILES string of the molecule is C[C]1[C](CP(c2ccccc2)c2ccccc2)[P][C](c2ccccc2)[C]1C. The van der Waals surface area contributed by atoms with Crippen molar-refractivity contribution < 1.29 is 0 Å². The largest absolute Gasteiger partial charge is 0.0622 e. The lowest BCUT2D eigenvalue weighted by molar-refractivity contribution is 0.986. The lowest BCUT2D eigenvalue weighted by Gasteiger charge is -2.24. The Bertz CT molecular complexity index is 792. The lowest BCUT2D eigenvalue weighted by Crippen LogP contribution is -2.17. The van der Waals surface area contributed by atoms with Crippen LogP contribution in [-0.2, 0) is 0 Å². The molecule has 1 fully saturated rings. The average Bonchev–Trinajstić information content (AvgIpc) is 3.02. The maximum Gasteiger partial charge on any atom is 0.0409 e. The van der Waals surface area contributed by atoms with Crippen LogP contribution in [0.3, 0.4) is 0 Å². The second-order valence-corrected chi connectivity index (χ2v) is 10.2. The smallest absolute Gasteiger partial charge is 0.0409 e. The Morgan fingerprint density at radius 3 is 1.63 bits per heavy atom. The second kappa shape index (κ2) is 8.68. The van der Waals surface area contributed by atoms with E-state index in [2.05, 4.69) is 105 Å². The van der Waals surface area contributed by atoms with Gasteiger partial charge in [-0.05, 0) is 42.1 Å². The molecule has 0 unspecified atom stereocenters. The average molecular weight is 385 g/mol. The van der Waals surface area contributed by atoms with Crippen molar-refractivity contribution in [1.82, 2.24) is 0 Å². The van der Waals surface area contributed by atoms with Crippen molar-refractivity contribution in [1.29, 1.82) is 0 Å². The Hall–Kier alpha value is -1.48. The highest BCUT2D eigenvalue weighted by molar-refractivity contribution is 7.73. The highest BCUT2D eigenvalue weighted by atomic mass is 31.1. The molecule has 1 saturated heterocycles. The molecular weight excluding hydrogens is 362 g/mol. The zero-order valence-corrected chi connectivity index (χ0v) is 17.6. The predicted molar refractivity (Wildman–Crippen MR) is 121 cm³/mol. The molecule has 1 aliphatic heterocycles. The van der Waals surface area contributed by atoms with E-state index in [0.717, 1.165) is 6.16 Å². The van der Waals surface area contributed by atoms with Gasteiger partial charge < -0.3 is 0 Å². The molecular formula is C25H23P2. The van der Waals surface area contributed by atoms with E-state index >= 15 is 0 Å². The molecule has 0 atom stereocenters. The van der Waals surface area contributed by atoms with Crippen LogP contribution in [0.4, 0.5) is 0 Å². The van der Waals surface area contributed by atoms with Gasteiger partial charge in [0.1, 0.15) is 0 Å². The number of benzene rings is 3. The molecule has 0 aliphatic carbocycles. The van der Waals surface area contributed by atoms with Crippen molar-refractivity contribution in [2.75, 3.05) is 6.16 Å². The van der Waals surface area contributed by atoms with E-state index < -0.39 is 0 Å². The van der Waals surface area contributed by atoms with Crippen LogP contribution in [0.15, 0.2) is 91.0 Å². The monoisotopic (exact) mass is 385 g/mol. The molecule has 1 aliphatic rings. The topological polar surface area (TPSA) is 0 Å². The van der Waals surface area contributed by atoms with Crippen molar-refractivity contribution in [3.8, 4) is 0 Å². The fourth-order valence-corrected chi connectivity index (χ4v) is 7.62. The molecule has 5 radical (unpaired) electrons. The molecule has 0 aromatic heterocycles. The van der Waals surface area contributed by atoms with Crippen LogP contribution in [0, 0.1) is 23.2 Å². The predicted octanol–water partition coefficient (Wildman–Crippen LogP) is 6.38. The summed E-state index contributed by atoms with van der Waals surface area (Å²) >= 11 is 0. The van der Waals surface area contributed by atoms with Crippen molar-refractivity contribution in [2.24, 2.45) is 0 Å². The summed E-state index contributed by atoms with van der Waals surface area (Å²) in [5.74, 6) is 2.93. The van der Waals surface area contributed by atoms with Gasteiger partial charge in [0.05, 0.1) is 0 Å². The van der Waals surface area contributed by atoms with Gasteiger partial charge in [-0.1, -0.05) is 113 Å². The van der Waals surface area contributed by atoms with Gasteiger partial charge in [-0.2, -0.15) is 0 Å². The van der Waals surface area contributed by atoms with Crippen LogP contribution in [0.2, 0.25) is 0 Å². The minimum Gasteiger partial charge on any atom is -0.0622 e. The highest BCUT2D eigenvalue weighted by Crippen LogP contribution is 2.64. The Labute approximate surface area is 167 Å². The molecule has 0 amide bonds. The van der Waals surface area contributed by atoms with Crippen LogP contribution in [-0.4, -0.2) is 6.16 Å². The quantitative estimate of drug-likeness (QED) is 0.447. The molecule has 0 nitrogen and oxygen atoms in total. The van der Waals surface area contributed by atoms with Crippen molar-refractivity contribution >= 4 is 27.1 Å². The van der Waals surface area contributed by atoms with Gasteiger partial charge in [-0.3, -0.25) is 0 Å². The van der Waals surface area contributed by atoms with Gasteiger partial charge in [0.25, 0.3) is 0 Å². The summed E-state index contributed by atoms with van der Waals surface area (Å²) in [6.07, 6.45) is 1.13. The second-order valence-electron chi connectivity index (χ2n) is 6.78. The molecule has 3 aromatic carbocycles. The maximum absolute atomic E-state index is 2.30. The fraction of sp³-hybridized carbons (Fsp3) is 0.120. The van der Waals surface area contributed by atoms with E-state index in [0.29, 0.717) is 0 Å². The van der Waals surface area contributed by atoms with E-state index in [9.17, 15) is 0 Å². The first-order chi connectivity index (χ1) is 13.2. The molecule has 0 saturated carbocycles. The minimum atomic E-state index is -0.387. The number of hydrogen-bond acceptors (Lipinski definition) is 0. The highest BCUT2D eigenvalue weighted by Gasteiger charge is 2.42. The standard InChI is InChI=1S/C25H23P2/c1-19-20(2)25(21-12-6-3-7-13-21)26-24(19)18-27(22-14-8-4-9-15-22)23-16-10-5-11-17-23/h3-17H,18H2,1-2H3. The molecule has 0 spiro atoms. The third-order valence-electron chi connectivity index (χ3n) is 5.09. The first-order valence-electron chi connectivity index (χ1n) is 9.30. The number of rotatable bonds is 5. The van der Waals surface area contributed by atoms with E-state index in [4.69, 9.17) is 0 Å². The van der Waals surface area contributed by atoms with Crippen LogP contribution < -0.4 is 10.6 Å². The fourth-order valence-electron chi connectivity index (χ4n) is 3.43. The van der Waals surface area contributed by atoms with Crippen LogP contribution in [0.1, 0.15) is 19.4 Å². The molecule has 3 aromatic rings. The van der Waals surface area contributed by atoms with Gasteiger partial charge in [0.15, 0.2) is 0 Å². The number of hydrogen-bond donors (Lipinski definition) is 0. The van der Waals surface area contributed by atoms with Gasteiger partial charge in [0, 0.05) is 11.3 Å². The summed E-state index contributed by atoms with van der Waals surface area (Å²) in [7, 11) is 0.993. The minimum absolute atomic E-state index is 0.387. The van der Waals surface area contributed by atoms with Crippen molar-refractivity contribution in [3.05, 3.63) is 120 Å². The third kappa shape index (κ3) is 4.18. The lowest BCUT2D eigenvalue weighted by atomic mass is 9.88. The van der Waals surface area contributed by atoms with Gasteiger partial charge in [-0.15, -0.1) is 0 Å². The van der Waals surface area contributed by atoms with E-state index in [1.165, 1.54) is 42.2 Å². The zero-order chi connectivity index (χ0) is 18.6. The molecule has 133 valence electrons. The van der Waals surface area contributed by atoms with E-state index in [1.54, 1.807) is 5.66 Å². The molecule has 0 N–H and O–H groups in total. The summed E-state index contributed by atoms with van der Waals surface area (Å²) < 4.78 is 0. The van der Waals surface area contributed by atoms with Crippen LogP contribution in [0.5, 0.6) is 0 Å². The molecule has 2 heteroatoms. The Balaban J connectivity index is 1.60. The van der Waals surface area contributed by atoms with E-state index in [1.807, 2.05) is 0 Å². The Kier molecular flexibility index (Phi) is 6.07. The van der Waals surface area contributed by atoms with Crippen molar-refractivity contribution in [2.45, 2.75) is 13.8 Å². The van der Waals surface area contributed by atoms with Crippen LogP contribution >= 0.6 is 16.5 Å². The molecule has 0 bridgehead atoms. The maximum atomic E-state index is 2.30.